The Balaban J connectivity index is 1.83. The number of amides is 1. The molecule has 1 amide bonds. The molecule has 0 atom stereocenters. The zero-order valence-electron chi connectivity index (χ0n) is 17.0. The zero-order valence-corrected chi connectivity index (χ0v) is 17.0. The van der Waals surface area contributed by atoms with Gasteiger partial charge in [0.05, 0.1) is 18.1 Å². The number of hydrogen-bond donors (Lipinski definition) is 1. The van der Waals surface area contributed by atoms with Crippen LogP contribution < -0.4 is 15.0 Å². The van der Waals surface area contributed by atoms with E-state index in [1.165, 1.54) is 0 Å². The molecule has 0 radical (unpaired) electrons. The summed E-state index contributed by atoms with van der Waals surface area (Å²) in [6, 6.07) is 1.29. The van der Waals surface area contributed by atoms with E-state index in [0.717, 1.165) is 38.9 Å². The van der Waals surface area contributed by atoms with Gasteiger partial charge in [0.15, 0.2) is 6.61 Å². The summed E-state index contributed by atoms with van der Waals surface area (Å²) in [5.74, 6) is -1.20. The van der Waals surface area contributed by atoms with Crippen LogP contribution in [0, 0.1) is 10.1 Å². The highest BCUT2D eigenvalue weighted by atomic mass is 19.4. The first-order chi connectivity index (χ1) is 14.6. The Kier molecular flexibility index (Phi) is 7.15. The molecule has 31 heavy (non-hydrogen) atoms. The van der Waals surface area contributed by atoms with Gasteiger partial charge in [-0.2, -0.15) is 18.2 Å². The van der Waals surface area contributed by atoms with Crippen molar-refractivity contribution in [3.63, 3.8) is 0 Å². The van der Waals surface area contributed by atoms with Gasteiger partial charge >= 0.3 is 11.9 Å². The van der Waals surface area contributed by atoms with Gasteiger partial charge in [0.2, 0.25) is 17.6 Å². The number of piperidine rings is 1. The number of nitrogens with one attached hydrogen (secondary N) is 1. The lowest BCUT2D eigenvalue weighted by atomic mass is 10.0. The Morgan fingerprint density at radius 1 is 1.32 bits per heavy atom. The van der Waals surface area contributed by atoms with Gasteiger partial charge < -0.3 is 19.7 Å². The lowest BCUT2D eigenvalue weighted by Crippen LogP contribution is -2.49. The van der Waals surface area contributed by atoms with Crippen LogP contribution in [0.3, 0.4) is 0 Å². The van der Waals surface area contributed by atoms with E-state index in [4.69, 9.17) is 9.47 Å². The van der Waals surface area contributed by atoms with Crippen molar-refractivity contribution >= 4 is 23.1 Å². The molecule has 0 aliphatic carbocycles. The van der Waals surface area contributed by atoms with E-state index < -0.39 is 35.2 Å². The first-order valence-corrected chi connectivity index (χ1v) is 9.87. The number of pyridine rings is 1. The summed E-state index contributed by atoms with van der Waals surface area (Å²) in [4.78, 5) is 30.4. The maximum Gasteiger partial charge on any atom is 0.422 e. The van der Waals surface area contributed by atoms with Crippen LogP contribution in [0.1, 0.15) is 19.8 Å². The maximum absolute atomic E-state index is 12.6. The summed E-state index contributed by atoms with van der Waals surface area (Å²) in [6.07, 6.45) is -3.18. The molecular formula is C18H24F3N5O5. The number of carbonyl (C=O) groups excluding carboxylic acids is 1. The zero-order chi connectivity index (χ0) is 22.6. The fourth-order valence-electron chi connectivity index (χ4n) is 3.77. The number of carbonyl (C=O) groups is 1. The molecule has 3 rings (SSSR count). The fourth-order valence-corrected chi connectivity index (χ4v) is 3.77. The smallest absolute Gasteiger partial charge is 0.422 e. The number of hydrogen-bond acceptors (Lipinski definition) is 8. The number of halogens is 3. The van der Waals surface area contributed by atoms with Gasteiger partial charge in [0.25, 0.3) is 0 Å². The van der Waals surface area contributed by atoms with Crippen molar-refractivity contribution in [3.05, 3.63) is 16.2 Å². The minimum Gasteiger partial charge on any atom is -0.466 e. The molecule has 0 bridgehead atoms. The van der Waals surface area contributed by atoms with Gasteiger partial charge in [0.1, 0.15) is 5.69 Å². The lowest BCUT2D eigenvalue weighted by Gasteiger charge is -2.40. The average molecular weight is 447 g/mol. The second-order valence-electron chi connectivity index (χ2n) is 7.39. The second-order valence-corrected chi connectivity index (χ2v) is 7.39. The third kappa shape index (κ3) is 6.17. The maximum atomic E-state index is 12.6. The minimum atomic E-state index is -4.63. The number of aromatic nitrogens is 1. The van der Waals surface area contributed by atoms with Crippen molar-refractivity contribution in [3.8, 4) is 5.88 Å². The van der Waals surface area contributed by atoms with Crippen LogP contribution in [-0.4, -0.2) is 78.9 Å². The number of nitro groups is 1. The van der Waals surface area contributed by atoms with Crippen LogP contribution in [-0.2, 0) is 9.53 Å². The second kappa shape index (κ2) is 9.64. The van der Waals surface area contributed by atoms with Gasteiger partial charge in [0, 0.05) is 45.2 Å². The highest BCUT2D eigenvalue weighted by Crippen LogP contribution is 2.37. The molecule has 1 aromatic heterocycles. The molecule has 0 spiro atoms. The highest BCUT2D eigenvalue weighted by Gasteiger charge is 2.33. The molecule has 2 aliphatic rings. The molecule has 13 heteroatoms. The predicted molar refractivity (Wildman–Crippen MR) is 104 cm³/mol. The summed E-state index contributed by atoms with van der Waals surface area (Å²) in [5, 5.41) is 13.9. The number of ether oxygens (including phenoxy) is 2. The monoisotopic (exact) mass is 447 g/mol. The van der Waals surface area contributed by atoms with E-state index in [1.54, 1.807) is 4.90 Å². The lowest BCUT2D eigenvalue weighted by molar-refractivity contribution is -0.384. The van der Waals surface area contributed by atoms with Crippen LogP contribution in [0.5, 0.6) is 5.88 Å². The Labute approximate surface area is 176 Å². The first kappa shape index (κ1) is 23.0. The van der Waals surface area contributed by atoms with E-state index >= 15 is 0 Å². The van der Waals surface area contributed by atoms with Crippen molar-refractivity contribution in [1.82, 2.24) is 9.88 Å². The van der Waals surface area contributed by atoms with Gasteiger partial charge in [-0.15, -0.1) is 0 Å². The molecule has 3 heterocycles. The highest BCUT2D eigenvalue weighted by molar-refractivity contribution is 5.91. The van der Waals surface area contributed by atoms with Crippen molar-refractivity contribution in [2.45, 2.75) is 32.0 Å². The van der Waals surface area contributed by atoms with Crippen LogP contribution in [0.2, 0.25) is 0 Å². The summed E-state index contributed by atoms with van der Waals surface area (Å²) in [6.45, 7) is 3.37. The SMILES string of the molecule is CC(=O)Nc1cc([N+](=O)[O-])c(N2CCC(N3CCOCC3)CC2)nc1OCC(F)(F)F. The van der Waals surface area contributed by atoms with Gasteiger partial charge in [-0.25, -0.2) is 0 Å². The van der Waals surface area contributed by atoms with E-state index in [2.05, 4.69) is 15.2 Å². The molecule has 2 aliphatic heterocycles. The summed E-state index contributed by atoms with van der Waals surface area (Å²) < 4.78 is 48.1. The number of nitrogens with zero attached hydrogens (tertiary/aromatic N) is 4. The number of alkyl halides is 3. The molecule has 1 N–H and O–H groups in total. The Bertz CT molecular complexity index is 809. The van der Waals surface area contributed by atoms with E-state index in [-0.39, 0.29) is 11.5 Å². The third-order valence-corrected chi connectivity index (χ3v) is 5.15. The van der Waals surface area contributed by atoms with Gasteiger partial charge in [-0.3, -0.25) is 19.8 Å². The van der Waals surface area contributed by atoms with Gasteiger partial charge in [-0.05, 0) is 12.8 Å². The molecule has 10 nitrogen and oxygen atoms in total. The molecule has 2 saturated heterocycles. The molecule has 1 aromatic rings. The van der Waals surface area contributed by atoms with E-state index in [0.29, 0.717) is 32.3 Å². The molecule has 0 aromatic carbocycles. The van der Waals surface area contributed by atoms with Gasteiger partial charge in [-0.1, -0.05) is 0 Å². The quantitative estimate of drug-likeness (QED) is 0.522. The van der Waals surface area contributed by atoms with E-state index in [1.807, 2.05) is 0 Å². The number of rotatable bonds is 6. The molecule has 0 saturated carbocycles. The van der Waals surface area contributed by atoms with Crippen LogP contribution >= 0.6 is 0 Å². The third-order valence-electron chi connectivity index (χ3n) is 5.15. The molecule has 0 unspecified atom stereocenters. The van der Waals surface area contributed by atoms with Crippen LogP contribution in [0.15, 0.2) is 6.07 Å². The summed E-state index contributed by atoms with van der Waals surface area (Å²) >= 11 is 0. The summed E-state index contributed by atoms with van der Waals surface area (Å²) in [5.41, 5.74) is -0.691. The van der Waals surface area contributed by atoms with Crippen molar-refractivity contribution in [2.75, 3.05) is 56.2 Å². The standard InChI is InChI=1S/C18H24F3N5O5/c1-12(27)22-14-10-15(26(28)29)16(23-17(14)31-11-18(19,20)21)25-4-2-13(3-5-25)24-6-8-30-9-7-24/h10,13H,2-9,11H2,1H3,(H,22,27). The van der Waals surface area contributed by atoms with Crippen LogP contribution in [0.25, 0.3) is 0 Å². The van der Waals surface area contributed by atoms with Crippen LogP contribution in [0.4, 0.5) is 30.4 Å². The van der Waals surface area contributed by atoms with Crippen molar-refractivity contribution in [1.29, 1.82) is 0 Å². The van der Waals surface area contributed by atoms with Crippen molar-refractivity contribution < 1.29 is 32.4 Å². The minimum absolute atomic E-state index is 0.0725. The number of anilines is 2. The largest absolute Gasteiger partial charge is 0.466 e. The topological polar surface area (TPSA) is 110 Å². The summed E-state index contributed by atoms with van der Waals surface area (Å²) in [7, 11) is 0. The molecular weight excluding hydrogens is 423 g/mol. The predicted octanol–water partition coefficient (Wildman–Crippen LogP) is 2.19. The molecule has 2 fully saturated rings. The fraction of sp³-hybridized carbons (Fsp3) is 0.667. The molecule has 172 valence electrons. The van der Waals surface area contributed by atoms with Crippen molar-refractivity contribution in [2.24, 2.45) is 0 Å². The average Bonchev–Trinajstić information content (AvgIpc) is 2.72. The normalized spacial score (nSPS) is 18.6. The van der Waals surface area contributed by atoms with E-state index in [9.17, 15) is 28.1 Å². The Morgan fingerprint density at radius 2 is 1.97 bits per heavy atom. The Hall–Kier alpha value is -2.67. The Morgan fingerprint density at radius 3 is 2.52 bits per heavy atom. The first-order valence-electron chi connectivity index (χ1n) is 9.87. The number of morpholine rings is 1.